The molecular formula is C20H27N5S. The van der Waals surface area contributed by atoms with E-state index in [1.807, 2.05) is 13.1 Å². The minimum absolute atomic E-state index is 0.472. The third-order valence-electron chi connectivity index (χ3n) is 4.61. The molecule has 1 unspecified atom stereocenters. The van der Waals surface area contributed by atoms with Crippen molar-refractivity contribution in [3.8, 4) is 0 Å². The molecule has 0 saturated heterocycles. The van der Waals surface area contributed by atoms with Crippen LogP contribution in [0.15, 0.2) is 46.1 Å². The molecule has 0 saturated carbocycles. The number of hydrogen-bond acceptors (Lipinski definition) is 3. The van der Waals surface area contributed by atoms with Crippen LogP contribution in [0.2, 0.25) is 0 Å². The maximum Gasteiger partial charge on any atom is 0.190 e. The van der Waals surface area contributed by atoms with E-state index >= 15 is 0 Å². The van der Waals surface area contributed by atoms with Crippen molar-refractivity contribution in [3.05, 3.63) is 52.5 Å². The number of aromatic nitrogens is 2. The second-order valence-electron chi connectivity index (χ2n) is 6.49. The first-order valence-electron chi connectivity index (χ1n) is 9.07. The second kappa shape index (κ2) is 8.85. The summed E-state index contributed by atoms with van der Waals surface area (Å²) in [4.78, 5) is 8.94. The summed E-state index contributed by atoms with van der Waals surface area (Å²) in [6.07, 6.45) is 1.02. The molecule has 2 N–H and O–H groups in total. The van der Waals surface area contributed by atoms with E-state index in [0.717, 1.165) is 43.4 Å². The molecule has 0 radical (unpaired) electrons. The molecule has 26 heavy (non-hydrogen) atoms. The normalized spacial score (nSPS) is 13.1. The number of thiophene rings is 1. The zero-order valence-corrected chi connectivity index (χ0v) is 16.5. The number of benzene rings is 1. The summed E-state index contributed by atoms with van der Waals surface area (Å²) < 4.78 is 2.28. The van der Waals surface area contributed by atoms with Gasteiger partial charge in [-0.2, -0.15) is 11.3 Å². The molecule has 0 aliphatic rings. The van der Waals surface area contributed by atoms with Gasteiger partial charge in [-0.1, -0.05) is 19.1 Å². The Balaban J connectivity index is 1.45. The van der Waals surface area contributed by atoms with E-state index in [1.54, 1.807) is 11.3 Å². The monoisotopic (exact) mass is 369 g/mol. The van der Waals surface area contributed by atoms with Crippen molar-refractivity contribution < 1.29 is 0 Å². The number of aryl methyl sites for hydroxylation is 2. The molecule has 0 aliphatic heterocycles. The summed E-state index contributed by atoms with van der Waals surface area (Å²) in [5.74, 6) is 2.40. The Morgan fingerprint density at radius 1 is 1.27 bits per heavy atom. The lowest BCUT2D eigenvalue weighted by molar-refractivity contribution is 0.620. The molecule has 0 aliphatic carbocycles. The first-order valence-corrected chi connectivity index (χ1v) is 10.0. The van der Waals surface area contributed by atoms with Gasteiger partial charge in [0.15, 0.2) is 5.96 Å². The van der Waals surface area contributed by atoms with Crippen molar-refractivity contribution in [2.45, 2.75) is 32.7 Å². The zero-order chi connectivity index (χ0) is 18.4. The van der Waals surface area contributed by atoms with E-state index in [9.17, 15) is 0 Å². The maximum atomic E-state index is 4.62. The van der Waals surface area contributed by atoms with Gasteiger partial charge in [-0.15, -0.1) is 0 Å². The van der Waals surface area contributed by atoms with E-state index in [2.05, 4.69) is 74.1 Å². The summed E-state index contributed by atoms with van der Waals surface area (Å²) in [6, 6.07) is 10.5. The molecule has 1 atom stereocenters. The fourth-order valence-electron chi connectivity index (χ4n) is 3.07. The first kappa shape index (κ1) is 18.5. The molecule has 0 amide bonds. The van der Waals surface area contributed by atoms with Crippen molar-refractivity contribution >= 4 is 28.3 Å². The fraction of sp³-hybridized carbons (Fsp3) is 0.400. The van der Waals surface area contributed by atoms with Gasteiger partial charge < -0.3 is 15.2 Å². The average molecular weight is 370 g/mol. The number of aliphatic imine (C=N–C) groups is 1. The average Bonchev–Trinajstić information content (AvgIpc) is 3.29. The zero-order valence-electron chi connectivity index (χ0n) is 15.7. The number of hydrogen-bond donors (Lipinski definition) is 2. The number of para-hydroxylation sites is 2. The Kier molecular flexibility index (Phi) is 6.28. The van der Waals surface area contributed by atoms with Gasteiger partial charge in [0.1, 0.15) is 5.82 Å². The van der Waals surface area contributed by atoms with Gasteiger partial charge in [-0.05, 0) is 53.8 Å². The summed E-state index contributed by atoms with van der Waals surface area (Å²) in [5, 5.41) is 11.2. The minimum atomic E-state index is 0.472. The summed E-state index contributed by atoms with van der Waals surface area (Å²) in [6.45, 7) is 7.00. The van der Waals surface area contributed by atoms with Crippen LogP contribution in [0.25, 0.3) is 11.0 Å². The van der Waals surface area contributed by atoms with Crippen LogP contribution in [-0.4, -0.2) is 35.6 Å². The van der Waals surface area contributed by atoms with Crippen LogP contribution < -0.4 is 10.6 Å². The van der Waals surface area contributed by atoms with Crippen molar-refractivity contribution in [1.29, 1.82) is 0 Å². The van der Waals surface area contributed by atoms with Crippen LogP contribution in [0.5, 0.6) is 0 Å². The molecule has 3 aromatic rings. The van der Waals surface area contributed by atoms with E-state index in [4.69, 9.17) is 0 Å². The van der Waals surface area contributed by atoms with Crippen LogP contribution in [0.1, 0.15) is 30.7 Å². The maximum absolute atomic E-state index is 4.62. The van der Waals surface area contributed by atoms with E-state index in [-0.39, 0.29) is 0 Å². The largest absolute Gasteiger partial charge is 0.356 e. The molecule has 0 spiro atoms. The number of rotatable bonds is 7. The van der Waals surface area contributed by atoms with Crippen LogP contribution in [-0.2, 0) is 6.54 Å². The van der Waals surface area contributed by atoms with Gasteiger partial charge in [0.05, 0.1) is 11.0 Å². The Morgan fingerprint density at radius 2 is 2.12 bits per heavy atom. The number of guanidine groups is 1. The smallest absolute Gasteiger partial charge is 0.190 e. The Morgan fingerprint density at radius 3 is 2.88 bits per heavy atom. The van der Waals surface area contributed by atoms with Crippen molar-refractivity contribution in [2.75, 3.05) is 20.1 Å². The summed E-state index contributed by atoms with van der Waals surface area (Å²) >= 11 is 1.74. The highest BCUT2D eigenvalue weighted by Gasteiger charge is 2.08. The highest BCUT2D eigenvalue weighted by Crippen LogP contribution is 2.17. The summed E-state index contributed by atoms with van der Waals surface area (Å²) in [5.41, 5.74) is 3.65. The second-order valence-corrected chi connectivity index (χ2v) is 7.27. The van der Waals surface area contributed by atoms with Gasteiger partial charge >= 0.3 is 0 Å². The standard InChI is InChI=1S/C20H27N5S/c1-15(17-9-12-26-14-17)13-23-20(21-3)22-10-6-11-25-16(2)24-18-7-4-5-8-19(18)25/h4-5,7-9,12,14-15H,6,10-11,13H2,1-3H3,(H2,21,22,23). The molecule has 0 bridgehead atoms. The predicted octanol–water partition coefficient (Wildman–Crippen LogP) is 3.77. The van der Waals surface area contributed by atoms with E-state index in [1.165, 1.54) is 11.1 Å². The topological polar surface area (TPSA) is 54.2 Å². The third-order valence-corrected chi connectivity index (χ3v) is 5.31. The number of nitrogens with zero attached hydrogens (tertiary/aromatic N) is 3. The Hall–Kier alpha value is -2.34. The molecule has 138 valence electrons. The molecule has 5 nitrogen and oxygen atoms in total. The first-order chi connectivity index (χ1) is 12.7. The predicted molar refractivity (Wildman–Crippen MR) is 111 cm³/mol. The van der Waals surface area contributed by atoms with Crippen LogP contribution in [0, 0.1) is 6.92 Å². The number of fused-ring (bicyclic) bond motifs is 1. The van der Waals surface area contributed by atoms with Crippen LogP contribution in [0.4, 0.5) is 0 Å². The number of imidazole rings is 1. The van der Waals surface area contributed by atoms with Crippen molar-refractivity contribution in [3.63, 3.8) is 0 Å². The lowest BCUT2D eigenvalue weighted by atomic mass is 10.1. The molecule has 2 heterocycles. The molecule has 1 aromatic carbocycles. The van der Waals surface area contributed by atoms with Crippen LogP contribution in [0.3, 0.4) is 0 Å². The quantitative estimate of drug-likeness (QED) is 0.379. The lowest BCUT2D eigenvalue weighted by Crippen LogP contribution is -2.39. The summed E-state index contributed by atoms with van der Waals surface area (Å²) in [7, 11) is 1.82. The van der Waals surface area contributed by atoms with Gasteiger partial charge in [-0.3, -0.25) is 4.99 Å². The van der Waals surface area contributed by atoms with E-state index < -0.39 is 0 Å². The molecule has 3 rings (SSSR count). The van der Waals surface area contributed by atoms with Crippen molar-refractivity contribution in [2.24, 2.45) is 4.99 Å². The van der Waals surface area contributed by atoms with E-state index in [0.29, 0.717) is 5.92 Å². The van der Waals surface area contributed by atoms with Gasteiger partial charge in [0.25, 0.3) is 0 Å². The van der Waals surface area contributed by atoms with Gasteiger partial charge in [-0.25, -0.2) is 4.98 Å². The highest BCUT2D eigenvalue weighted by molar-refractivity contribution is 7.07. The Bertz CT molecular complexity index is 850. The molecular weight excluding hydrogens is 342 g/mol. The molecule has 0 fully saturated rings. The van der Waals surface area contributed by atoms with Gasteiger partial charge in [0.2, 0.25) is 0 Å². The van der Waals surface area contributed by atoms with Crippen molar-refractivity contribution in [1.82, 2.24) is 20.2 Å². The van der Waals surface area contributed by atoms with Crippen LogP contribution >= 0.6 is 11.3 Å². The molecule has 6 heteroatoms. The Labute approximate surface area is 159 Å². The number of nitrogens with one attached hydrogen (secondary N) is 2. The molecule has 2 aromatic heterocycles. The third kappa shape index (κ3) is 4.43. The highest BCUT2D eigenvalue weighted by atomic mass is 32.1. The minimum Gasteiger partial charge on any atom is -0.356 e. The fourth-order valence-corrected chi connectivity index (χ4v) is 3.85. The SMILES string of the molecule is CN=C(NCCCn1c(C)nc2ccccc21)NCC(C)c1ccsc1. The lowest BCUT2D eigenvalue weighted by Gasteiger charge is -2.15. The van der Waals surface area contributed by atoms with Gasteiger partial charge in [0, 0.05) is 26.7 Å².